The number of rotatable bonds is 5. The molecule has 0 saturated carbocycles. The zero-order chi connectivity index (χ0) is 23.5. The van der Waals surface area contributed by atoms with E-state index in [1.54, 1.807) is 35.3 Å². The molecule has 2 unspecified atom stereocenters. The molecule has 1 amide bonds. The summed E-state index contributed by atoms with van der Waals surface area (Å²) in [5, 5.41) is 1.57. The predicted molar refractivity (Wildman–Crippen MR) is 101 cm³/mol. The second kappa shape index (κ2) is 9.47. The first-order valence-corrected chi connectivity index (χ1v) is 9.55. The van der Waals surface area contributed by atoms with Crippen LogP contribution in [0.3, 0.4) is 0 Å². The van der Waals surface area contributed by atoms with E-state index in [9.17, 15) is 31.1 Å². The van der Waals surface area contributed by atoms with Gasteiger partial charge in [-0.3, -0.25) is 10.2 Å². The Morgan fingerprint density at radius 1 is 1.06 bits per heavy atom. The molecule has 0 radical (unpaired) electrons. The number of alkyl halides is 6. The third kappa shape index (κ3) is 5.99. The highest BCUT2D eigenvalue weighted by Crippen LogP contribution is 2.37. The number of morpholine rings is 1. The van der Waals surface area contributed by atoms with Crippen molar-refractivity contribution in [3.63, 3.8) is 0 Å². The van der Waals surface area contributed by atoms with Crippen LogP contribution in [0.15, 0.2) is 48.5 Å². The van der Waals surface area contributed by atoms with Crippen molar-refractivity contribution in [1.82, 2.24) is 10.4 Å². The second-order valence-electron chi connectivity index (χ2n) is 7.18. The Morgan fingerprint density at radius 2 is 1.66 bits per heavy atom. The number of halogens is 6. The van der Waals surface area contributed by atoms with Crippen molar-refractivity contribution in [2.45, 2.75) is 38.2 Å². The summed E-state index contributed by atoms with van der Waals surface area (Å²) in [4.78, 5) is 11.6. The van der Waals surface area contributed by atoms with E-state index >= 15 is 0 Å². The average Bonchev–Trinajstić information content (AvgIpc) is 2.71. The Kier molecular flexibility index (Phi) is 7.11. The zero-order valence-electron chi connectivity index (χ0n) is 16.8. The van der Waals surface area contributed by atoms with Crippen LogP contribution in [-0.2, 0) is 33.2 Å². The Balaban J connectivity index is 1.87. The molecular formula is C21H20F6N2O3. The van der Waals surface area contributed by atoms with Gasteiger partial charge < -0.3 is 9.47 Å². The number of amides is 1. The molecule has 1 N–H and O–H groups in total. The second-order valence-corrected chi connectivity index (χ2v) is 7.18. The minimum atomic E-state index is -4.95. The van der Waals surface area contributed by atoms with Crippen LogP contribution in [-0.4, -0.2) is 30.4 Å². The van der Waals surface area contributed by atoms with Gasteiger partial charge in [-0.2, -0.15) is 26.3 Å². The first kappa shape index (κ1) is 24.0. The van der Waals surface area contributed by atoms with E-state index in [4.69, 9.17) is 9.47 Å². The molecule has 3 rings (SSSR count). The minimum absolute atomic E-state index is 0.0614. The van der Waals surface area contributed by atoms with E-state index < -0.39 is 42.4 Å². The summed E-state index contributed by atoms with van der Waals surface area (Å²) in [5.41, 5.74) is 0.191. The predicted octanol–water partition coefficient (Wildman–Crippen LogP) is 4.69. The average molecular weight is 462 g/mol. The van der Waals surface area contributed by atoms with E-state index in [-0.39, 0.29) is 24.1 Å². The summed E-state index contributed by atoms with van der Waals surface area (Å²) in [6.45, 7) is 1.19. The van der Waals surface area contributed by atoms with Gasteiger partial charge in [0.25, 0.3) is 0 Å². The summed E-state index contributed by atoms with van der Waals surface area (Å²) in [6.07, 6.45) is -11.0. The number of hydrogen-bond donors (Lipinski definition) is 1. The summed E-state index contributed by atoms with van der Waals surface area (Å²) >= 11 is 0. The Morgan fingerprint density at radius 3 is 2.19 bits per heavy atom. The maximum absolute atomic E-state index is 13.1. The molecule has 1 aliphatic heterocycles. The van der Waals surface area contributed by atoms with Crippen LogP contribution in [0.2, 0.25) is 0 Å². The topological polar surface area (TPSA) is 50.8 Å². The monoisotopic (exact) mass is 462 g/mol. The summed E-state index contributed by atoms with van der Waals surface area (Å²) in [5.74, 6) is -0.348. The molecule has 1 saturated heterocycles. The molecule has 0 aromatic heterocycles. The van der Waals surface area contributed by atoms with Gasteiger partial charge in [-0.05, 0) is 29.3 Å². The van der Waals surface area contributed by atoms with E-state index in [0.717, 1.165) is 0 Å². The molecule has 2 aromatic carbocycles. The van der Waals surface area contributed by atoms with Crippen LogP contribution >= 0.6 is 0 Å². The summed E-state index contributed by atoms with van der Waals surface area (Å²) in [6, 6.07) is 9.38. The molecule has 174 valence electrons. The maximum Gasteiger partial charge on any atom is 0.416 e. The number of hydrazine groups is 1. The van der Waals surface area contributed by atoms with E-state index in [2.05, 4.69) is 5.43 Å². The fourth-order valence-electron chi connectivity index (χ4n) is 3.38. The van der Waals surface area contributed by atoms with Crippen molar-refractivity contribution in [1.29, 1.82) is 0 Å². The molecule has 2 atom stereocenters. The van der Waals surface area contributed by atoms with E-state index in [0.29, 0.717) is 24.2 Å². The number of ether oxygens (including phenoxy) is 2. The van der Waals surface area contributed by atoms with Crippen molar-refractivity contribution < 1.29 is 40.6 Å². The van der Waals surface area contributed by atoms with Gasteiger partial charge in [0.15, 0.2) is 6.29 Å². The van der Waals surface area contributed by atoms with Gasteiger partial charge in [-0.15, -0.1) is 0 Å². The van der Waals surface area contributed by atoms with Gasteiger partial charge in [0.2, 0.25) is 5.91 Å². The lowest BCUT2D eigenvalue weighted by molar-refractivity contribution is -0.224. The molecule has 0 spiro atoms. The van der Waals surface area contributed by atoms with Gasteiger partial charge in [0.1, 0.15) is 6.04 Å². The molecule has 0 aliphatic carbocycles. The van der Waals surface area contributed by atoms with E-state index in [1.165, 1.54) is 6.92 Å². The minimum Gasteiger partial charge on any atom is -0.349 e. The van der Waals surface area contributed by atoms with Crippen LogP contribution in [0.25, 0.3) is 0 Å². The first-order valence-electron chi connectivity index (χ1n) is 9.55. The van der Waals surface area contributed by atoms with Crippen LogP contribution in [0.4, 0.5) is 26.3 Å². The lowest BCUT2D eigenvalue weighted by Gasteiger charge is -2.40. The standard InChI is InChI=1S/C21H20F6N2O3/c1-13(30)28-29-7-8-31-19(18(29)15-5-3-2-4-6-15)32-12-14-9-16(20(22,23)24)11-17(10-14)21(25,26)27/h2-6,9-11,18-19H,7-8,12H2,1H3,(H,28,30). The normalized spacial score (nSPS) is 20.2. The zero-order valence-corrected chi connectivity index (χ0v) is 16.8. The number of hydrogen-bond acceptors (Lipinski definition) is 4. The highest BCUT2D eigenvalue weighted by molar-refractivity contribution is 5.72. The Hall–Kier alpha value is -2.63. The summed E-state index contributed by atoms with van der Waals surface area (Å²) < 4.78 is 89.9. The van der Waals surface area contributed by atoms with Gasteiger partial charge in [0, 0.05) is 13.5 Å². The van der Waals surface area contributed by atoms with E-state index in [1.807, 2.05) is 0 Å². The lowest BCUT2D eigenvalue weighted by atomic mass is 10.0. The van der Waals surface area contributed by atoms with Crippen molar-refractivity contribution in [2.75, 3.05) is 13.2 Å². The Labute approximate surface area is 179 Å². The molecular weight excluding hydrogens is 442 g/mol. The van der Waals surface area contributed by atoms with Crippen molar-refractivity contribution in [3.8, 4) is 0 Å². The Bertz CT molecular complexity index is 901. The number of carbonyl (C=O) groups excluding carboxylic acids is 1. The molecule has 1 heterocycles. The smallest absolute Gasteiger partial charge is 0.349 e. The SMILES string of the molecule is CC(=O)NN1CCOC(OCc2cc(C(F)(F)F)cc(C(F)(F)F)c2)C1c1ccccc1. The number of nitrogens with one attached hydrogen (secondary N) is 1. The lowest BCUT2D eigenvalue weighted by Crippen LogP contribution is -2.53. The highest BCUT2D eigenvalue weighted by atomic mass is 19.4. The third-order valence-corrected chi connectivity index (χ3v) is 4.71. The molecule has 0 bridgehead atoms. The van der Waals surface area contributed by atoms with Crippen molar-refractivity contribution in [2.24, 2.45) is 0 Å². The number of benzene rings is 2. The van der Waals surface area contributed by atoms with Crippen LogP contribution in [0.1, 0.15) is 35.2 Å². The third-order valence-electron chi connectivity index (χ3n) is 4.71. The van der Waals surface area contributed by atoms with Crippen LogP contribution < -0.4 is 5.43 Å². The highest BCUT2D eigenvalue weighted by Gasteiger charge is 2.38. The van der Waals surface area contributed by atoms with Crippen LogP contribution in [0.5, 0.6) is 0 Å². The molecule has 1 fully saturated rings. The summed E-state index contributed by atoms with van der Waals surface area (Å²) in [7, 11) is 0. The van der Waals surface area contributed by atoms with Crippen LogP contribution in [0, 0.1) is 0 Å². The molecule has 1 aliphatic rings. The number of carbonyl (C=O) groups is 1. The van der Waals surface area contributed by atoms with Crippen molar-refractivity contribution in [3.05, 3.63) is 70.8 Å². The molecule has 2 aromatic rings. The fraction of sp³-hybridized carbons (Fsp3) is 0.381. The number of nitrogens with zero attached hydrogens (tertiary/aromatic N) is 1. The largest absolute Gasteiger partial charge is 0.416 e. The molecule has 5 nitrogen and oxygen atoms in total. The van der Waals surface area contributed by atoms with Gasteiger partial charge >= 0.3 is 12.4 Å². The molecule has 11 heteroatoms. The maximum atomic E-state index is 13.1. The van der Waals surface area contributed by atoms with Gasteiger partial charge in [0.05, 0.1) is 24.3 Å². The van der Waals surface area contributed by atoms with Gasteiger partial charge in [-0.25, -0.2) is 5.01 Å². The van der Waals surface area contributed by atoms with Crippen molar-refractivity contribution >= 4 is 5.91 Å². The fourth-order valence-corrected chi connectivity index (χ4v) is 3.38. The first-order chi connectivity index (χ1) is 14.9. The quantitative estimate of drug-likeness (QED) is 0.656. The van der Waals surface area contributed by atoms with Gasteiger partial charge in [-0.1, -0.05) is 30.3 Å². The molecule has 32 heavy (non-hydrogen) atoms.